The van der Waals surface area contributed by atoms with Gasteiger partial charge in [0.25, 0.3) is 11.9 Å². The molecule has 2 aromatic carbocycles. The van der Waals surface area contributed by atoms with Gasteiger partial charge >= 0.3 is 0 Å². The number of carboxylic acid groups (broad SMARTS) is 1. The molecule has 3 aromatic rings. The maximum absolute atomic E-state index is 13.4. The first kappa shape index (κ1) is 23.5. The molecule has 0 saturated carbocycles. The Morgan fingerprint density at radius 3 is 2.47 bits per heavy atom. The fourth-order valence-corrected chi connectivity index (χ4v) is 3.86. The predicted octanol–water partition coefficient (Wildman–Crippen LogP) is 5.17. The Bertz CT molecular complexity index is 1130. The van der Waals surface area contributed by atoms with Crippen molar-refractivity contribution in [1.82, 2.24) is 9.88 Å². The van der Waals surface area contributed by atoms with Crippen LogP contribution in [0.15, 0.2) is 48.7 Å². The van der Waals surface area contributed by atoms with Crippen molar-refractivity contribution < 1.29 is 23.8 Å². The number of fused-ring (bicyclic) bond motifs is 1. The summed E-state index contributed by atoms with van der Waals surface area (Å²) in [6, 6.07) is 11.7. The summed E-state index contributed by atoms with van der Waals surface area (Å²) < 4.78 is 19.3. The Labute approximate surface area is 190 Å². The summed E-state index contributed by atoms with van der Waals surface area (Å²) >= 11 is 6.23. The highest BCUT2D eigenvalue weighted by atomic mass is 35.5. The summed E-state index contributed by atoms with van der Waals surface area (Å²) in [7, 11) is 0. The Balaban J connectivity index is 0.000000668. The van der Waals surface area contributed by atoms with Crippen molar-refractivity contribution in [3.05, 3.63) is 59.5 Å². The number of carbonyl (C=O) groups excluding carboxylic acids is 1. The predicted molar refractivity (Wildman–Crippen MR) is 121 cm³/mol. The van der Waals surface area contributed by atoms with E-state index in [2.05, 4.69) is 4.98 Å². The molecule has 2 heterocycles. The molecule has 168 valence electrons. The number of nitrogens with zero attached hydrogens (tertiary/aromatic N) is 2. The van der Waals surface area contributed by atoms with Crippen LogP contribution >= 0.6 is 11.6 Å². The third kappa shape index (κ3) is 5.73. The third-order valence-electron chi connectivity index (χ3n) is 5.01. The molecule has 1 aromatic heterocycles. The average molecular weight is 459 g/mol. The number of carbonyl (C=O) groups is 2. The van der Waals surface area contributed by atoms with E-state index in [0.29, 0.717) is 10.8 Å². The normalized spacial score (nSPS) is 13.9. The zero-order valence-electron chi connectivity index (χ0n) is 17.8. The molecule has 1 unspecified atom stereocenters. The third-order valence-corrected chi connectivity index (χ3v) is 5.33. The zero-order chi connectivity index (χ0) is 23.3. The number of hydrogen-bond acceptors (Lipinski definition) is 4. The maximum atomic E-state index is 13.4. The molecule has 1 N–H and O–H groups in total. The number of benzene rings is 2. The van der Waals surface area contributed by atoms with Gasteiger partial charge in [-0.1, -0.05) is 11.6 Å². The average Bonchev–Trinajstić information content (AvgIpc) is 3.27. The highest BCUT2D eigenvalue weighted by Crippen LogP contribution is 2.34. The molecular weight excluding hydrogens is 435 g/mol. The number of amides is 1. The number of pyridine rings is 1. The van der Waals surface area contributed by atoms with Gasteiger partial charge in [-0.05, 0) is 61.7 Å². The van der Waals surface area contributed by atoms with Gasteiger partial charge in [-0.3, -0.25) is 14.6 Å². The second kappa shape index (κ2) is 10.4. The van der Waals surface area contributed by atoms with Gasteiger partial charge in [-0.2, -0.15) is 0 Å². The van der Waals surface area contributed by atoms with E-state index in [-0.39, 0.29) is 11.7 Å². The van der Waals surface area contributed by atoms with Gasteiger partial charge in [-0.15, -0.1) is 0 Å². The number of rotatable bonds is 4. The fraction of sp³-hybridized carbons (Fsp3) is 0.292. The molecule has 6 nitrogen and oxygen atoms in total. The van der Waals surface area contributed by atoms with Crippen molar-refractivity contribution >= 4 is 34.4 Å². The first-order chi connectivity index (χ1) is 15.3. The summed E-state index contributed by atoms with van der Waals surface area (Å²) in [6.07, 6.45) is 3.23. The van der Waals surface area contributed by atoms with Gasteiger partial charge in [0, 0.05) is 43.2 Å². The molecule has 32 heavy (non-hydrogen) atoms. The van der Waals surface area contributed by atoms with E-state index >= 15 is 0 Å². The smallest absolute Gasteiger partial charge is 0.300 e. The maximum Gasteiger partial charge on any atom is 0.300 e. The monoisotopic (exact) mass is 458 g/mol. The molecule has 0 spiro atoms. The molecule has 4 rings (SSSR count). The van der Waals surface area contributed by atoms with Crippen LogP contribution in [0.3, 0.4) is 0 Å². The van der Waals surface area contributed by atoms with Crippen LogP contribution in [-0.4, -0.2) is 46.1 Å². The molecule has 1 amide bonds. The minimum Gasteiger partial charge on any atom is -0.481 e. The molecule has 0 radical (unpaired) electrons. The lowest BCUT2D eigenvalue weighted by Gasteiger charge is -2.21. The van der Waals surface area contributed by atoms with E-state index < -0.39 is 12.1 Å². The van der Waals surface area contributed by atoms with Gasteiger partial charge in [0.15, 0.2) is 6.10 Å². The number of ether oxygens (including phenoxy) is 1. The lowest BCUT2D eigenvalue weighted by atomic mass is 10.0. The Morgan fingerprint density at radius 1 is 1.12 bits per heavy atom. The molecule has 8 heteroatoms. The molecule has 1 atom stereocenters. The quantitative estimate of drug-likeness (QED) is 0.583. The molecule has 1 fully saturated rings. The molecule has 0 bridgehead atoms. The van der Waals surface area contributed by atoms with E-state index in [9.17, 15) is 9.18 Å². The van der Waals surface area contributed by atoms with Crippen LogP contribution < -0.4 is 4.74 Å². The highest BCUT2D eigenvalue weighted by Gasteiger charge is 2.24. The summed E-state index contributed by atoms with van der Waals surface area (Å²) in [6.45, 7) is 4.45. The summed E-state index contributed by atoms with van der Waals surface area (Å²) in [5.41, 5.74) is 2.32. The summed E-state index contributed by atoms with van der Waals surface area (Å²) in [5.74, 6) is -0.612. The van der Waals surface area contributed by atoms with E-state index in [0.717, 1.165) is 54.9 Å². The molecule has 1 aliphatic rings. The minimum atomic E-state index is -0.833. The summed E-state index contributed by atoms with van der Waals surface area (Å²) in [5, 5.41) is 8.64. The van der Waals surface area contributed by atoms with E-state index in [1.165, 1.54) is 12.1 Å². The SMILES string of the molecule is CC(=O)O.CC(Oc1ccc2c(-c3ccc(F)cc3Cl)ccnc2c1)C(=O)N1CCCC1. The Kier molecular flexibility index (Phi) is 7.64. The van der Waals surface area contributed by atoms with E-state index in [1.807, 2.05) is 29.2 Å². The van der Waals surface area contributed by atoms with Gasteiger partial charge in [0.1, 0.15) is 11.6 Å². The van der Waals surface area contributed by atoms with Crippen molar-refractivity contribution in [2.45, 2.75) is 32.8 Å². The zero-order valence-corrected chi connectivity index (χ0v) is 18.6. The standard InChI is InChI=1S/C22H20ClFN2O2.C2H4O2/c1-14(22(27)26-10-2-3-11-26)28-16-5-7-19-17(8-9-25-21(19)13-16)18-6-4-15(24)12-20(18)23;1-2(3)4/h4-9,12-14H,2-3,10-11H2,1H3;1H3,(H,3,4). The first-order valence-corrected chi connectivity index (χ1v) is 10.6. The molecule has 0 aliphatic carbocycles. The Morgan fingerprint density at radius 2 is 1.81 bits per heavy atom. The number of halogens is 2. The number of aromatic nitrogens is 1. The van der Waals surface area contributed by atoms with Crippen molar-refractivity contribution in [2.75, 3.05) is 13.1 Å². The first-order valence-electron chi connectivity index (χ1n) is 10.3. The molecule has 1 saturated heterocycles. The van der Waals surface area contributed by atoms with E-state index in [1.54, 1.807) is 19.2 Å². The van der Waals surface area contributed by atoms with Crippen LogP contribution in [-0.2, 0) is 9.59 Å². The van der Waals surface area contributed by atoms with Crippen LogP contribution in [0.4, 0.5) is 4.39 Å². The second-order valence-electron chi connectivity index (χ2n) is 7.47. The summed E-state index contributed by atoms with van der Waals surface area (Å²) in [4.78, 5) is 27.7. The van der Waals surface area contributed by atoms with Crippen molar-refractivity contribution in [2.24, 2.45) is 0 Å². The van der Waals surface area contributed by atoms with E-state index in [4.69, 9.17) is 26.2 Å². The number of carboxylic acids is 1. The topological polar surface area (TPSA) is 79.7 Å². The van der Waals surface area contributed by atoms with Crippen molar-refractivity contribution in [3.63, 3.8) is 0 Å². The minimum absolute atomic E-state index is 0.0115. The number of aliphatic carboxylic acids is 1. The van der Waals surface area contributed by atoms with Crippen LogP contribution in [0, 0.1) is 5.82 Å². The van der Waals surface area contributed by atoms with Crippen molar-refractivity contribution in [3.8, 4) is 16.9 Å². The van der Waals surface area contributed by atoms with Crippen LogP contribution in [0.2, 0.25) is 5.02 Å². The van der Waals surface area contributed by atoms with Gasteiger partial charge in [0.2, 0.25) is 0 Å². The lowest BCUT2D eigenvalue weighted by Crippen LogP contribution is -2.38. The van der Waals surface area contributed by atoms with Gasteiger partial charge < -0.3 is 14.7 Å². The molecule has 1 aliphatic heterocycles. The van der Waals surface area contributed by atoms with Crippen molar-refractivity contribution in [1.29, 1.82) is 0 Å². The largest absolute Gasteiger partial charge is 0.481 e. The Hall–Kier alpha value is -3.19. The van der Waals surface area contributed by atoms with Crippen LogP contribution in [0.25, 0.3) is 22.0 Å². The molecular formula is C24H24ClFN2O4. The fourth-order valence-electron chi connectivity index (χ4n) is 3.59. The van der Waals surface area contributed by atoms with Gasteiger partial charge in [0.05, 0.1) is 10.5 Å². The number of likely N-dealkylation sites (tertiary alicyclic amines) is 1. The lowest BCUT2D eigenvalue weighted by molar-refractivity contribution is -0.137. The van der Waals surface area contributed by atoms with Crippen LogP contribution in [0.5, 0.6) is 5.75 Å². The van der Waals surface area contributed by atoms with Gasteiger partial charge in [-0.25, -0.2) is 4.39 Å². The highest BCUT2D eigenvalue weighted by molar-refractivity contribution is 6.33. The number of hydrogen-bond donors (Lipinski definition) is 1. The second-order valence-corrected chi connectivity index (χ2v) is 7.88. The van der Waals surface area contributed by atoms with Crippen LogP contribution in [0.1, 0.15) is 26.7 Å².